The molecule has 0 fully saturated rings. The van der Waals surface area contributed by atoms with Crippen LogP contribution in [0, 0.1) is 0 Å². The van der Waals surface area contributed by atoms with Gasteiger partial charge in [-0.15, -0.1) is 0 Å². The first-order valence-electron chi connectivity index (χ1n) is 6.27. The van der Waals surface area contributed by atoms with Crippen LogP contribution in [0.25, 0.3) is 10.8 Å². The van der Waals surface area contributed by atoms with Crippen LogP contribution in [0.15, 0.2) is 42.5 Å². The topological polar surface area (TPSA) is 98.5 Å². The van der Waals surface area contributed by atoms with Crippen LogP contribution in [-0.2, 0) is 9.53 Å². The lowest BCUT2D eigenvalue weighted by Crippen LogP contribution is -2.42. The summed E-state index contributed by atoms with van der Waals surface area (Å²) < 4.78 is 4.99. The minimum atomic E-state index is -1.11. The smallest absolute Gasteiger partial charge is 0.338 e. The highest BCUT2D eigenvalue weighted by molar-refractivity contribution is 5.99. The molecule has 21 heavy (non-hydrogen) atoms. The van der Waals surface area contributed by atoms with Crippen molar-refractivity contribution in [3.8, 4) is 0 Å². The number of ether oxygens (including phenoxy) is 1. The Morgan fingerprint density at radius 3 is 2.43 bits per heavy atom. The number of nitrogens with one attached hydrogen (secondary N) is 1. The molecule has 0 aliphatic rings. The zero-order valence-corrected chi connectivity index (χ0v) is 11.3. The van der Waals surface area contributed by atoms with E-state index in [1.54, 1.807) is 18.2 Å². The second-order valence-corrected chi connectivity index (χ2v) is 4.46. The molecule has 0 spiro atoms. The van der Waals surface area contributed by atoms with Crippen molar-refractivity contribution in [2.45, 2.75) is 13.0 Å². The fourth-order valence-corrected chi connectivity index (χ4v) is 1.82. The molecule has 1 atom stereocenters. The lowest BCUT2D eigenvalue weighted by atomic mass is 10.1. The fourth-order valence-electron chi connectivity index (χ4n) is 1.82. The summed E-state index contributed by atoms with van der Waals surface area (Å²) in [6, 6.07) is 11.6. The Labute approximate surface area is 120 Å². The maximum absolute atomic E-state index is 12.0. The Bertz CT molecular complexity index is 712. The lowest BCUT2D eigenvalue weighted by molar-refractivity contribution is -0.127. The third kappa shape index (κ3) is 3.56. The van der Waals surface area contributed by atoms with Gasteiger partial charge in [0.2, 0.25) is 0 Å². The summed E-state index contributed by atoms with van der Waals surface area (Å²) in [5.74, 6) is -1.41. The average Bonchev–Trinajstić information content (AvgIpc) is 2.45. The summed E-state index contributed by atoms with van der Waals surface area (Å²) in [6.07, 6.45) is -1.11. The number of rotatable bonds is 3. The standard InChI is InChI=1S/C15H14N2O4/c1-9(13(18)17-15(16)20)21-14(19)12-7-6-10-4-2-3-5-11(10)8-12/h2-9H,1H3,(H3,16,17,18,20). The van der Waals surface area contributed by atoms with Gasteiger partial charge in [-0.05, 0) is 29.8 Å². The van der Waals surface area contributed by atoms with Gasteiger partial charge >= 0.3 is 12.0 Å². The van der Waals surface area contributed by atoms with Crippen LogP contribution in [0.5, 0.6) is 0 Å². The van der Waals surface area contributed by atoms with E-state index in [1.807, 2.05) is 29.6 Å². The second kappa shape index (κ2) is 6.04. The Hall–Kier alpha value is -2.89. The molecule has 0 heterocycles. The molecule has 0 bridgehead atoms. The van der Waals surface area contributed by atoms with Gasteiger partial charge in [-0.2, -0.15) is 0 Å². The molecule has 2 aromatic rings. The summed E-state index contributed by atoms with van der Waals surface area (Å²) in [5.41, 5.74) is 5.15. The Morgan fingerprint density at radius 2 is 1.76 bits per heavy atom. The molecule has 0 aliphatic carbocycles. The summed E-state index contributed by atoms with van der Waals surface area (Å²) in [4.78, 5) is 34.0. The van der Waals surface area contributed by atoms with Crippen molar-refractivity contribution >= 4 is 28.7 Å². The predicted octanol–water partition coefficient (Wildman–Crippen LogP) is 1.58. The maximum Gasteiger partial charge on any atom is 0.338 e. The van der Waals surface area contributed by atoms with Crippen molar-refractivity contribution in [1.29, 1.82) is 0 Å². The lowest BCUT2D eigenvalue weighted by Gasteiger charge is -2.12. The normalized spacial score (nSPS) is 11.7. The van der Waals surface area contributed by atoms with Crippen LogP contribution in [0.3, 0.4) is 0 Å². The van der Waals surface area contributed by atoms with Crippen LogP contribution in [0.1, 0.15) is 17.3 Å². The van der Waals surface area contributed by atoms with E-state index >= 15 is 0 Å². The largest absolute Gasteiger partial charge is 0.449 e. The number of carbonyl (C=O) groups is 3. The van der Waals surface area contributed by atoms with E-state index in [1.165, 1.54) is 6.92 Å². The van der Waals surface area contributed by atoms with Crippen molar-refractivity contribution in [3.63, 3.8) is 0 Å². The van der Waals surface area contributed by atoms with E-state index in [0.29, 0.717) is 5.56 Å². The highest BCUT2D eigenvalue weighted by atomic mass is 16.5. The SMILES string of the molecule is CC(OC(=O)c1ccc2ccccc2c1)C(=O)NC(N)=O. The van der Waals surface area contributed by atoms with E-state index < -0.39 is 24.0 Å². The van der Waals surface area contributed by atoms with Crippen molar-refractivity contribution in [2.24, 2.45) is 5.73 Å². The van der Waals surface area contributed by atoms with Crippen LogP contribution in [0.4, 0.5) is 4.79 Å². The molecule has 3 N–H and O–H groups in total. The van der Waals surface area contributed by atoms with Crippen molar-refractivity contribution in [2.75, 3.05) is 0 Å². The number of urea groups is 1. The molecule has 0 aliphatic heterocycles. The number of primary amides is 1. The van der Waals surface area contributed by atoms with Gasteiger partial charge in [-0.25, -0.2) is 9.59 Å². The Kier molecular flexibility index (Phi) is 4.18. The van der Waals surface area contributed by atoms with Gasteiger partial charge in [-0.3, -0.25) is 10.1 Å². The molecule has 0 radical (unpaired) electrons. The number of imide groups is 1. The van der Waals surface area contributed by atoms with Crippen LogP contribution in [0.2, 0.25) is 0 Å². The van der Waals surface area contributed by atoms with E-state index in [4.69, 9.17) is 10.5 Å². The summed E-state index contributed by atoms with van der Waals surface area (Å²) in [7, 11) is 0. The number of hydrogen-bond acceptors (Lipinski definition) is 4. The minimum absolute atomic E-state index is 0.326. The van der Waals surface area contributed by atoms with Gasteiger partial charge in [0.25, 0.3) is 5.91 Å². The molecule has 2 aromatic carbocycles. The highest BCUT2D eigenvalue weighted by Crippen LogP contribution is 2.16. The zero-order valence-electron chi connectivity index (χ0n) is 11.3. The van der Waals surface area contributed by atoms with Crippen LogP contribution in [-0.4, -0.2) is 24.0 Å². The van der Waals surface area contributed by atoms with Crippen molar-refractivity contribution in [3.05, 3.63) is 48.0 Å². The molecular weight excluding hydrogens is 272 g/mol. The molecule has 0 saturated carbocycles. The van der Waals surface area contributed by atoms with Gasteiger partial charge in [0.05, 0.1) is 5.56 Å². The molecular formula is C15H14N2O4. The number of carbonyl (C=O) groups excluding carboxylic acids is 3. The number of nitrogens with two attached hydrogens (primary N) is 1. The Balaban J connectivity index is 2.11. The number of amides is 3. The van der Waals surface area contributed by atoms with Crippen LogP contribution >= 0.6 is 0 Å². The van der Waals surface area contributed by atoms with Gasteiger partial charge in [0.15, 0.2) is 6.10 Å². The number of esters is 1. The molecule has 0 saturated heterocycles. The summed E-state index contributed by atoms with van der Waals surface area (Å²) in [5, 5.41) is 3.74. The van der Waals surface area contributed by atoms with Gasteiger partial charge in [-0.1, -0.05) is 30.3 Å². The van der Waals surface area contributed by atoms with Crippen LogP contribution < -0.4 is 11.1 Å². The monoisotopic (exact) mass is 286 g/mol. The predicted molar refractivity (Wildman–Crippen MR) is 76.6 cm³/mol. The minimum Gasteiger partial charge on any atom is -0.449 e. The van der Waals surface area contributed by atoms with Gasteiger partial charge in [0.1, 0.15) is 0 Å². The van der Waals surface area contributed by atoms with E-state index in [-0.39, 0.29) is 0 Å². The fraction of sp³-hybridized carbons (Fsp3) is 0.133. The molecule has 3 amide bonds. The third-order valence-corrected chi connectivity index (χ3v) is 2.88. The second-order valence-electron chi connectivity index (χ2n) is 4.46. The molecule has 108 valence electrons. The Morgan fingerprint density at radius 1 is 1.10 bits per heavy atom. The summed E-state index contributed by atoms with van der Waals surface area (Å²) in [6.45, 7) is 1.36. The van der Waals surface area contributed by atoms with Crippen molar-refractivity contribution < 1.29 is 19.1 Å². The van der Waals surface area contributed by atoms with E-state index in [2.05, 4.69) is 0 Å². The molecule has 0 aromatic heterocycles. The third-order valence-electron chi connectivity index (χ3n) is 2.88. The van der Waals surface area contributed by atoms with Gasteiger partial charge < -0.3 is 10.5 Å². The number of benzene rings is 2. The molecule has 6 nitrogen and oxygen atoms in total. The van der Waals surface area contributed by atoms with Gasteiger partial charge in [0, 0.05) is 0 Å². The summed E-state index contributed by atoms with van der Waals surface area (Å²) >= 11 is 0. The first-order valence-corrected chi connectivity index (χ1v) is 6.27. The zero-order chi connectivity index (χ0) is 15.4. The molecule has 2 rings (SSSR count). The number of hydrogen-bond donors (Lipinski definition) is 2. The van der Waals surface area contributed by atoms with E-state index in [0.717, 1.165) is 10.8 Å². The first kappa shape index (κ1) is 14.5. The van der Waals surface area contributed by atoms with Crippen molar-refractivity contribution in [1.82, 2.24) is 5.32 Å². The quantitative estimate of drug-likeness (QED) is 0.837. The van der Waals surface area contributed by atoms with E-state index in [9.17, 15) is 14.4 Å². The highest BCUT2D eigenvalue weighted by Gasteiger charge is 2.20. The number of fused-ring (bicyclic) bond motifs is 1. The maximum atomic E-state index is 12.0. The molecule has 1 unspecified atom stereocenters. The average molecular weight is 286 g/mol. The molecule has 6 heteroatoms. The first-order chi connectivity index (χ1) is 9.97.